The lowest BCUT2D eigenvalue weighted by Gasteiger charge is -2.11. The number of hydrogen-bond donors (Lipinski definition) is 2. The zero-order valence-electron chi connectivity index (χ0n) is 12.3. The van der Waals surface area contributed by atoms with E-state index < -0.39 is 0 Å². The van der Waals surface area contributed by atoms with Crippen molar-refractivity contribution in [1.29, 1.82) is 0 Å². The molecule has 0 aliphatic heterocycles. The Morgan fingerprint density at radius 2 is 2.19 bits per heavy atom. The Bertz CT molecular complexity index is 584. The third-order valence-corrected chi connectivity index (χ3v) is 3.67. The van der Waals surface area contributed by atoms with E-state index >= 15 is 0 Å². The SMILES string of the molecule is CC(C)CNC(=O)[C@H](C)Sc1n[nH]c(-c2ccccn2)n1. The molecule has 2 aromatic rings. The summed E-state index contributed by atoms with van der Waals surface area (Å²) in [6.07, 6.45) is 1.70. The van der Waals surface area contributed by atoms with Gasteiger partial charge in [0.15, 0.2) is 5.82 Å². The average Bonchev–Trinajstić information content (AvgIpc) is 2.94. The van der Waals surface area contributed by atoms with Crippen LogP contribution in [-0.4, -0.2) is 37.9 Å². The first-order valence-electron chi connectivity index (χ1n) is 6.84. The third kappa shape index (κ3) is 4.56. The highest BCUT2D eigenvalue weighted by molar-refractivity contribution is 8.00. The molecule has 2 aromatic heterocycles. The van der Waals surface area contributed by atoms with E-state index in [2.05, 4.69) is 39.3 Å². The molecule has 6 nitrogen and oxygen atoms in total. The summed E-state index contributed by atoms with van der Waals surface area (Å²) in [5.41, 5.74) is 0.730. The van der Waals surface area contributed by atoms with Crippen molar-refractivity contribution in [2.75, 3.05) is 6.54 Å². The summed E-state index contributed by atoms with van der Waals surface area (Å²) < 4.78 is 0. The zero-order chi connectivity index (χ0) is 15.2. The molecule has 0 spiro atoms. The third-order valence-electron chi connectivity index (χ3n) is 2.71. The maximum Gasteiger partial charge on any atom is 0.233 e. The number of carbonyl (C=O) groups excluding carboxylic acids is 1. The predicted octanol–water partition coefficient (Wildman–Crippen LogP) is 2.12. The van der Waals surface area contributed by atoms with Crippen molar-refractivity contribution in [2.24, 2.45) is 5.92 Å². The number of nitrogens with zero attached hydrogens (tertiary/aromatic N) is 3. The van der Waals surface area contributed by atoms with E-state index in [1.807, 2.05) is 25.1 Å². The average molecular weight is 305 g/mol. The van der Waals surface area contributed by atoms with Gasteiger partial charge in [-0.25, -0.2) is 0 Å². The van der Waals surface area contributed by atoms with Gasteiger partial charge in [-0.1, -0.05) is 31.7 Å². The summed E-state index contributed by atoms with van der Waals surface area (Å²) in [5, 5.41) is 10.2. The summed E-state index contributed by atoms with van der Waals surface area (Å²) in [7, 11) is 0. The van der Waals surface area contributed by atoms with Gasteiger partial charge in [0.05, 0.1) is 5.25 Å². The molecule has 2 N–H and O–H groups in total. The van der Waals surface area contributed by atoms with Crippen LogP contribution in [0, 0.1) is 5.92 Å². The molecule has 0 aliphatic carbocycles. The van der Waals surface area contributed by atoms with E-state index in [0.29, 0.717) is 23.4 Å². The van der Waals surface area contributed by atoms with Crippen LogP contribution in [0.15, 0.2) is 29.6 Å². The van der Waals surface area contributed by atoms with Crippen LogP contribution in [-0.2, 0) is 4.79 Å². The van der Waals surface area contributed by atoms with E-state index in [0.717, 1.165) is 5.69 Å². The number of amides is 1. The Kier molecular flexibility index (Phi) is 5.32. The second-order valence-electron chi connectivity index (χ2n) is 5.08. The molecule has 0 bridgehead atoms. The molecule has 1 amide bonds. The van der Waals surface area contributed by atoms with Crippen molar-refractivity contribution in [3.63, 3.8) is 0 Å². The van der Waals surface area contributed by atoms with Gasteiger partial charge >= 0.3 is 0 Å². The standard InChI is InChI=1S/C14H19N5OS/c1-9(2)8-16-13(20)10(3)21-14-17-12(18-19-14)11-6-4-5-7-15-11/h4-7,9-10H,8H2,1-3H3,(H,16,20)(H,17,18,19)/t10-/m0/s1. The van der Waals surface area contributed by atoms with Gasteiger partial charge < -0.3 is 5.32 Å². The predicted molar refractivity (Wildman–Crippen MR) is 82.8 cm³/mol. The van der Waals surface area contributed by atoms with Crippen LogP contribution in [0.2, 0.25) is 0 Å². The van der Waals surface area contributed by atoms with Crippen molar-refractivity contribution in [2.45, 2.75) is 31.2 Å². The van der Waals surface area contributed by atoms with Gasteiger partial charge in [0.25, 0.3) is 0 Å². The highest BCUT2D eigenvalue weighted by Gasteiger charge is 2.17. The van der Waals surface area contributed by atoms with Gasteiger partial charge in [-0.15, -0.1) is 5.10 Å². The van der Waals surface area contributed by atoms with Crippen LogP contribution in [0.5, 0.6) is 0 Å². The zero-order valence-corrected chi connectivity index (χ0v) is 13.1. The van der Waals surface area contributed by atoms with E-state index in [1.54, 1.807) is 6.20 Å². The number of carbonyl (C=O) groups is 1. The number of hydrogen-bond acceptors (Lipinski definition) is 5. The summed E-state index contributed by atoms with van der Waals surface area (Å²) in [6, 6.07) is 5.59. The number of aromatic amines is 1. The summed E-state index contributed by atoms with van der Waals surface area (Å²) in [4.78, 5) is 20.5. The molecule has 0 saturated carbocycles. The topological polar surface area (TPSA) is 83.6 Å². The minimum absolute atomic E-state index is 0.00196. The van der Waals surface area contributed by atoms with Crippen molar-refractivity contribution in [3.8, 4) is 11.5 Å². The van der Waals surface area contributed by atoms with E-state index in [-0.39, 0.29) is 11.2 Å². The molecule has 0 saturated heterocycles. The summed E-state index contributed by atoms with van der Waals surface area (Å²) >= 11 is 1.33. The Balaban J connectivity index is 1.95. The molecule has 1 atom stereocenters. The van der Waals surface area contributed by atoms with Gasteiger partial charge in [-0.05, 0) is 25.0 Å². The number of rotatable bonds is 6. The van der Waals surface area contributed by atoms with Crippen LogP contribution in [0.3, 0.4) is 0 Å². The normalized spacial score (nSPS) is 12.4. The monoisotopic (exact) mass is 305 g/mol. The molecule has 0 radical (unpaired) electrons. The van der Waals surface area contributed by atoms with Gasteiger partial charge in [-0.3, -0.25) is 14.9 Å². The van der Waals surface area contributed by atoms with E-state index in [4.69, 9.17) is 0 Å². The lowest BCUT2D eigenvalue weighted by Crippen LogP contribution is -2.33. The smallest absolute Gasteiger partial charge is 0.233 e. The molecule has 2 rings (SSSR count). The summed E-state index contributed by atoms with van der Waals surface area (Å²) in [6.45, 7) is 6.65. The molecule has 7 heteroatoms. The largest absolute Gasteiger partial charge is 0.355 e. The number of H-pyrrole nitrogens is 1. The molecule has 0 aromatic carbocycles. The highest BCUT2D eigenvalue weighted by Crippen LogP contribution is 2.21. The van der Waals surface area contributed by atoms with E-state index in [9.17, 15) is 4.79 Å². The number of nitrogens with one attached hydrogen (secondary N) is 2. The molecule has 0 aliphatic rings. The fourth-order valence-corrected chi connectivity index (χ4v) is 2.33. The molecule has 21 heavy (non-hydrogen) atoms. The maximum absolute atomic E-state index is 11.9. The Morgan fingerprint density at radius 1 is 1.38 bits per heavy atom. The fourth-order valence-electron chi connectivity index (χ4n) is 1.58. The molecule has 0 unspecified atom stereocenters. The van der Waals surface area contributed by atoms with Gasteiger partial charge in [0.1, 0.15) is 5.69 Å². The van der Waals surface area contributed by atoms with Crippen molar-refractivity contribution in [3.05, 3.63) is 24.4 Å². The first kappa shape index (κ1) is 15.5. The van der Waals surface area contributed by atoms with Crippen molar-refractivity contribution >= 4 is 17.7 Å². The lowest BCUT2D eigenvalue weighted by atomic mass is 10.2. The van der Waals surface area contributed by atoms with Crippen LogP contribution in [0.1, 0.15) is 20.8 Å². The number of thioether (sulfide) groups is 1. The molecule has 2 heterocycles. The van der Waals surface area contributed by atoms with Crippen LogP contribution < -0.4 is 5.32 Å². The molecule has 0 fully saturated rings. The Labute approximate surface area is 128 Å². The van der Waals surface area contributed by atoms with Crippen LogP contribution >= 0.6 is 11.8 Å². The van der Waals surface area contributed by atoms with E-state index in [1.165, 1.54) is 11.8 Å². The van der Waals surface area contributed by atoms with Gasteiger partial charge in [0.2, 0.25) is 11.1 Å². The highest BCUT2D eigenvalue weighted by atomic mass is 32.2. The van der Waals surface area contributed by atoms with Crippen molar-refractivity contribution in [1.82, 2.24) is 25.5 Å². The molecular weight excluding hydrogens is 286 g/mol. The van der Waals surface area contributed by atoms with Gasteiger partial charge in [0, 0.05) is 12.7 Å². The molecule has 112 valence electrons. The molecular formula is C14H19N5OS. The fraction of sp³-hybridized carbons (Fsp3) is 0.429. The minimum atomic E-state index is -0.240. The first-order valence-corrected chi connectivity index (χ1v) is 7.72. The maximum atomic E-state index is 11.9. The first-order chi connectivity index (χ1) is 10.1. The minimum Gasteiger partial charge on any atom is -0.355 e. The number of aromatic nitrogens is 4. The second kappa shape index (κ2) is 7.21. The summed E-state index contributed by atoms with van der Waals surface area (Å²) in [5.74, 6) is 1.04. The van der Waals surface area contributed by atoms with Gasteiger partial charge in [-0.2, -0.15) is 4.98 Å². The second-order valence-corrected chi connectivity index (χ2v) is 6.39. The lowest BCUT2D eigenvalue weighted by molar-refractivity contribution is -0.120. The Morgan fingerprint density at radius 3 is 2.86 bits per heavy atom. The Hall–Kier alpha value is -1.89. The van der Waals surface area contributed by atoms with Crippen LogP contribution in [0.25, 0.3) is 11.5 Å². The van der Waals surface area contributed by atoms with Crippen molar-refractivity contribution < 1.29 is 4.79 Å². The quantitative estimate of drug-likeness (QED) is 0.799. The number of pyridine rings is 1. The van der Waals surface area contributed by atoms with Crippen LogP contribution in [0.4, 0.5) is 0 Å².